The summed E-state index contributed by atoms with van der Waals surface area (Å²) in [5.41, 5.74) is 9.11. The molecule has 1 aromatic carbocycles. The second kappa shape index (κ2) is 6.50. The Morgan fingerprint density at radius 1 is 1.29 bits per heavy atom. The first-order valence-corrected chi connectivity index (χ1v) is 6.17. The number of anilines is 1. The van der Waals surface area contributed by atoms with Gasteiger partial charge in [-0.05, 0) is 56.0 Å². The molecule has 0 aliphatic heterocycles. The van der Waals surface area contributed by atoms with Gasteiger partial charge in [-0.1, -0.05) is 6.92 Å². The van der Waals surface area contributed by atoms with Gasteiger partial charge in [0.25, 0.3) is 0 Å². The summed E-state index contributed by atoms with van der Waals surface area (Å²) >= 11 is 0. The van der Waals surface area contributed by atoms with E-state index in [1.807, 2.05) is 0 Å². The maximum Gasteiger partial charge on any atom is 0.122 e. The molecule has 3 N–H and O–H groups in total. The van der Waals surface area contributed by atoms with Crippen LogP contribution in [0.4, 0.5) is 5.69 Å². The summed E-state index contributed by atoms with van der Waals surface area (Å²) in [6.45, 7) is 8.09. The van der Waals surface area contributed by atoms with Gasteiger partial charge in [-0.2, -0.15) is 0 Å². The van der Waals surface area contributed by atoms with Crippen molar-refractivity contribution in [2.24, 2.45) is 11.7 Å². The molecule has 1 aromatic rings. The highest BCUT2D eigenvalue weighted by Gasteiger charge is 2.06. The highest BCUT2D eigenvalue weighted by Crippen LogP contribution is 2.26. The SMILES string of the molecule is COc1cc(C)c(NCC(C)CCN)cc1C. The molecule has 0 spiro atoms. The van der Waals surface area contributed by atoms with Crippen LogP contribution < -0.4 is 15.8 Å². The van der Waals surface area contributed by atoms with Crippen LogP contribution >= 0.6 is 0 Å². The third kappa shape index (κ3) is 3.93. The van der Waals surface area contributed by atoms with Gasteiger partial charge in [-0.15, -0.1) is 0 Å². The first-order valence-electron chi connectivity index (χ1n) is 6.17. The number of ether oxygens (including phenoxy) is 1. The molecular formula is C14H24N2O. The number of nitrogens with one attached hydrogen (secondary N) is 1. The maximum absolute atomic E-state index is 5.55. The lowest BCUT2D eigenvalue weighted by Crippen LogP contribution is -2.15. The van der Waals surface area contributed by atoms with Crippen molar-refractivity contribution in [3.63, 3.8) is 0 Å². The topological polar surface area (TPSA) is 47.3 Å². The molecule has 0 radical (unpaired) electrons. The Morgan fingerprint density at radius 3 is 2.59 bits per heavy atom. The molecule has 3 heteroatoms. The van der Waals surface area contributed by atoms with E-state index in [1.165, 1.54) is 11.3 Å². The van der Waals surface area contributed by atoms with E-state index in [-0.39, 0.29) is 0 Å². The number of benzene rings is 1. The fraction of sp³-hybridized carbons (Fsp3) is 0.571. The summed E-state index contributed by atoms with van der Waals surface area (Å²) in [5, 5.41) is 3.48. The average Bonchev–Trinajstić information content (AvgIpc) is 2.30. The molecule has 0 aromatic heterocycles. The fourth-order valence-electron chi connectivity index (χ4n) is 1.87. The van der Waals surface area contributed by atoms with Crippen molar-refractivity contribution >= 4 is 5.69 Å². The van der Waals surface area contributed by atoms with E-state index < -0.39 is 0 Å². The molecule has 96 valence electrons. The van der Waals surface area contributed by atoms with Crippen LogP contribution in [0.3, 0.4) is 0 Å². The Morgan fingerprint density at radius 2 is 2.00 bits per heavy atom. The quantitative estimate of drug-likeness (QED) is 0.798. The van der Waals surface area contributed by atoms with Crippen LogP contribution in [0, 0.1) is 19.8 Å². The third-order valence-corrected chi connectivity index (χ3v) is 3.04. The molecule has 0 saturated carbocycles. The predicted octanol–water partition coefficient (Wildman–Crippen LogP) is 2.71. The highest BCUT2D eigenvalue weighted by molar-refractivity contribution is 5.57. The van der Waals surface area contributed by atoms with Gasteiger partial charge < -0.3 is 15.8 Å². The second-order valence-corrected chi connectivity index (χ2v) is 4.70. The van der Waals surface area contributed by atoms with Crippen molar-refractivity contribution in [2.45, 2.75) is 27.2 Å². The molecule has 0 heterocycles. The lowest BCUT2D eigenvalue weighted by molar-refractivity contribution is 0.411. The van der Waals surface area contributed by atoms with Crippen molar-refractivity contribution < 1.29 is 4.74 Å². The number of hydrogen-bond donors (Lipinski definition) is 2. The van der Waals surface area contributed by atoms with Gasteiger partial charge in [0, 0.05) is 12.2 Å². The van der Waals surface area contributed by atoms with Gasteiger partial charge in [0.1, 0.15) is 5.75 Å². The monoisotopic (exact) mass is 236 g/mol. The van der Waals surface area contributed by atoms with Gasteiger partial charge in [-0.3, -0.25) is 0 Å². The fourth-order valence-corrected chi connectivity index (χ4v) is 1.87. The Labute approximate surface area is 104 Å². The number of hydrogen-bond acceptors (Lipinski definition) is 3. The van der Waals surface area contributed by atoms with E-state index >= 15 is 0 Å². The molecular weight excluding hydrogens is 212 g/mol. The van der Waals surface area contributed by atoms with Crippen LogP contribution in [0.2, 0.25) is 0 Å². The van der Waals surface area contributed by atoms with Crippen LogP contribution in [0.1, 0.15) is 24.5 Å². The lowest BCUT2D eigenvalue weighted by Gasteiger charge is -2.16. The minimum absolute atomic E-state index is 0.599. The van der Waals surface area contributed by atoms with E-state index in [2.05, 4.69) is 38.2 Å². The number of aryl methyl sites for hydroxylation is 2. The van der Waals surface area contributed by atoms with Crippen LogP contribution in [0.15, 0.2) is 12.1 Å². The molecule has 0 aliphatic carbocycles. The normalized spacial score (nSPS) is 12.3. The van der Waals surface area contributed by atoms with E-state index in [0.29, 0.717) is 5.92 Å². The molecule has 0 aliphatic rings. The third-order valence-electron chi connectivity index (χ3n) is 3.04. The zero-order chi connectivity index (χ0) is 12.8. The number of methoxy groups -OCH3 is 1. The predicted molar refractivity (Wildman–Crippen MR) is 73.8 cm³/mol. The molecule has 1 unspecified atom stereocenters. The van der Waals surface area contributed by atoms with Crippen molar-refractivity contribution in [3.05, 3.63) is 23.3 Å². The van der Waals surface area contributed by atoms with Gasteiger partial charge in [-0.25, -0.2) is 0 Å². The Hall–Kier alpha value is -1.22. The highest BCUT2D eigenvalue weighted by atomic mass is 16.5. The van der Waals surface area contributed by atoms with E-state index in [9.17, 15) is 0 Å². The molecule has 1 atom stereocenters. The molecule has 17 heavy (non-hydrogen) atoms. The molecule has 0 fully saturated rings. The van der Waals surface area contributed by atoms with E-state index in [0.717, 1.165) is 30.8 Å². The first-order chi connectivity index (χ1) is 8.08. The van der Waals surface area contributed by atoms with Gasteiger partial charge in [0.2, 0.25) is 0 Å². The Balaban J connectivity index is 2.68. The smallest absolute Gasteiger partial charge is 0.122 e. The summed E-state index contributed by atoms with van der Waals surface area (Å²) in [5.74, 6) is 1.55. The van der Waals surface area contributed by atoms with Crippen molar-refractivity contribution in [1.29, 1.82) is 0 Å². The van der Waals surface area contributed by atoms with E-state index in [4.69, 9.17) is 10.5 Å². The molecule has 0 saturated heterocycles. The van der Waals surface area contributed by atoms with Gasteiger partial charge in [0.15, 0.2) is 0 Å². The summed E-state index contributed by atoms with van der Waals surface area (Å²) in [6, 6.07) is 4.22. The standard InChI is InChI=1S/C14H24N2O/c1-10(5-6-15)9-16-13-7-12(3)14(17-4)8-11(13)2/h7-8,10,16H,5-6,9,15H2,1-4H3. The van der Waals surface area contributed by atoms with Gasteiger partial charge in [0.05, 0.1) is 7.11 Å². The number of rotatable bonds is 6. The van der Waals surface area contributed by atoms with Gasteiger partial charge >= 0.3 is 0 Å². The lowest BCUT2D eigenvalue weighted by atomic mass is 10.1. The zero-order valence-corrected chi connectivity index (χ0v) is 11.3. The zero-order valence-electron chi connectivity index (χ0n) is 11.3. The summed E-state index contributed by atoms with van der Waals surface area (Å²) in [4.78, 5) is 0. The summed E-state index contributed by atoms with van der Waals surface area (Å²) < 4.78 is 5.30. The largest absolute Gasteiger partial charge is 0.496 e. The summed E-state index contributed by atoms with van der Waals surface area (Å²) in [6.07, 6.45) is 1.06. The van der Waals surface area contributed by atoms with Crippen LogP contribution in [0.5, 0.6) is 5.75 Å². The first kappa shape index (κ1) is 13.8. The molecule has 0 bridgehead atoms. The second-order valence-electron chi connectivity index (χ2n) is 4.70. The summed E-state index contributed by atoms with van der Waals surface area (Å²) in [7, 11) is 1.71. The minimum atomic E-state index is 0.599. The Bertz CT molecular complexity index is 363. The minimum Gasteiger partial charge on any atom is -0.496 e. The molecule has 3 nitrogen and oxygen atoms in total. The maximum atomic E-state index is 5.55. The average molecular weight is 236 g/mol. The van der Waals surface area contributed by atoms with Crippen molar-refractivity contribution in [3.8, 4) is 5.75 Å². The molecule has 1 rings (SSSR count). The number of nitrogens with two attached hydrogens (primary N) is 1. The van der Waals surface area contributed by atoms with E-state index in [1.54, 1.807) is 7.11 Å². The van der Waals surface area contributed by atoms with Crippen molar-refractivity contribution in [2.75, 3.05) is 25.5 Å². The Kier molecular flexibility index (Phi) is 5.29. The van der Waals surface area contributed by atoms with Crippen LogP contribution in [-0.2, 0) is 0 Å². The van der Waals surface area contributed by atoms with Crippen LogP contribution in [-0.4, -0.2) is 20.2 Å². The molecule has 0 amide bonds. The van der Waals surface area contributed by atoms with Crippen molar-refractivity contribution in [1.82, 2.24) is 0 Å². The van der Waals surface area contributed by atoms with Crippen LogP contribution in [0.25, 0.3) is 0 Å².